The number of unbranched alkanes of at least 4 members (excludes halogenated alkanes) is 2. The first kappa shape index (κ1) is 40.0. The molecule has 0 fully saturated rings. The molecule has 0 saturated carbocycles. The standard InChI is InChI=1S/C28H40N2O2.2C2H4O2.Co/c1-5-9-11-21-15-23(7-3)27(31)25(17-21)19-29-13-14-30-20-26-18-22(12-10-6-2)16-24(8-4)28(26)32;2*1-2(3)4;/h15-20,31-32H,5-14H2,1-4H3;2*1H3,(H,3,4);/q;;;+2/p-2. The third kappa shape index (κ3) is 18.0. The van der Waals surface area contributed by atoms with Crippen LogP contribution >= 0.6 is 0 Å². The molecule has 0 saturated heterocycles. The maximum absolute atomic E-state index is 10.5. The van der Waals surface area contributed by atoms with Gasteiger partial charge in [0.1, 0.15) is 11.5 Å². The Morgan fingerprint density at radius 3 is 1.29 bits per heavy atom. The molecule has 0 bridgehead atoms. The molecule has 2 N–H and O–H groups in total. The van der Waals surface area contributed by atoms with Gasteiger partial charge in [0.15, 0.2) is 0 Å². The Morgan fingerprint density at radius 1 is 0.707 bits per heavy atom. The Hall–Kier alpha value is -3.17. The number of phenols is 2. The molecule has 8 nitrogen and oxygen atoms in total. The number of aliphatic imine (C=N–C) groups is 2. The minimum absolute atomic E-state index is 0. The number of hydrogen-bond donors (Lipinski definition) is 2. The van der Waals surface area contributed by atoms with Gasteiger partial charge in [-0.25, -0.2) is 0 Å². The third-order valence-electron chi connectivity index (χ3n) is 5.78. The Bertz CT molecular complexity index is 1020. The van der Waals surface area contributed by atoms with Crippen molar-refractivity contribution in [2.45, 2.75) is 92.9 Å². The van der Waals surface area contributed by atoms with E-state index in [2.05, 4.69) is 49.8 Å². The fraction of sp³-hybridized carbons (Fsp3) is 0.500. The zero-order valence-corrected chi connectivity index (χ0v) is 26.3. The Labute approximate surface area is 255 Å². The molecule has 41 heavy (non-hydrogen) atoms. The number of carbonyl (C=O) groups excluding carboxylic acids is 2. The monoisotopic (exact) mass is 613 g/mol. The molecule has 9 heteroatoms. The van der Waals surface area contributed by atoms with Gasteiger partial charge in [-0.1, -0.05) is 52.7 Å². The van der Waals surface area contributed by atoms with Crippen LogP contribution in [0.15, 0.2) is 34.3 Å². The molecule has 0 spiro atoms. The fourth-order valence-electron chi connectivity index (χ4n) is 3.80. The average molecular weight is 614 g/mol. The topological polar surface area (TPSA) is 145 Å². The minimum Gasteiger partial charge on any atom is -0.550 e. The zero-order chi connectivity index (χ0) is 30.5. The van der Waals surface area contributed by atoms with Crippen LogP contribution in [-0.4, -0.2) is 47.7 Å². The smallest absolute Gasteiger partial charge is 0.550 e. The molecule has 1 radical (unpaired) electrons. The second-order valence-corrected chi connectivity index (χ2v) is 9.35. The molecule has 0 amide bonds. The van der Waals surface area contributed by atoms with Crippen LogP contribution in [0.5, 0.6) is 11.5 Å². The molecule has 2 aromatic carbocycles. The summed E-state index contributed by atoms with van der Waals surface area (Å²) in [6.45, 7) is 11.5. The van der Waals surface area contributed by atoms with Crippen molar-refractivity contribution in [3.05, 3.63) is 57.6 Å². The number of hydrogen-bond acceptors (Lipinski definition) is 8. The number of nitrogens with zero attached hydrogens (tertiary/aromatic N) is 2. The molecule has 0 heterocycles. The Morgan fingerprint density at radius 2 is 1.02 bits per heavy atom. The van der Waals surface area contributed by atoms with Crippen LogP contribution in [0.4, 0.5) is 0 Å². The fourth-order valence-corrected chi connectivity index (χ4v) is 3.80. The molecule has 2 rings (SSSR count). The van der Waals surface area contributed by atoms with E-state index in [1.54, 1.807) is 12.4 Å². The number of carbonyl (C=O) groups is 2. The number of carboxylic acids is 2. The summed E-state index contributed by atoms with van der Waals surface area (Å²) in [6, 6.07) is 8.31. The maximum atomic E-state index is 10.5. The maximum Gasteiger partial charge on any atom is 2.00 e. The SMILES string of the molecule is CC(=O)[O-].CC(=O)[O-].CCCCc1cc(C=NCCN=Cc2cc(CCCC)cc(CC)c2O)c(O)c(CC)c1.[Co+2]. The van der Waals surface area contributed by atoms with E-state index in [4.69, 9.17) is 19.8 Å². The van der Waals surface area contributed by atoms with E-state index in [0.717, 1.165) is 87.5 Å². The molecule has 0 aliphatic carbocycles. The molecule has 0 aliphatic rings. The number of aryl methyl sites for hydroxylation is 4. The number of benzene rings is 2. The van der Waals surface area contributed by atoms with Gasteiger partial charge in [-0.2, -0.15) is 0 Å². The van der Waals surface area contributed by atoms with Gasteiger partial charge >= 0.3 is 16.8 Å². The van der Waals surface area contributed by atoms with Crippen molar-refractivity contribution < 1.29 is 46.8 Å². The summed E-state index contributed by atoms with van der Waals surface area (Å²) in [6.07, 6.45) is 11.8. The van der Waals surface area contributed by atoms with Crippen LogP contribution in [0.25, 0.3) is 0 Å². The van der Waals surface area contributed by atoms with E-state index >= 15 is 0 Å². The van der Waals surface area contributed by atoms with E-state index in [1.807, 2.05) is 12.1 Å². The number of aliphatic carboxylic acids is 2. The minimum atomic E-state index is -1.08. The molecule has 2 aromatic rings. The van der Waals surface area contributed by atoms with E-state index in [-0.39, 0.29) is 16.8 Å². The number of aromatic hydroxyl groups is 2. The van der Waals surface area contributed by atoms with Crippen LogP contribution in [0, 0.1) is 0 Å². The molecular formula is C32H46CoN2O6. The molecular weight excluding hydrogens is 567 g/mol. The summed E-state index contributed by atoms with van der Waals surface area (Å²) < 4.78 is 0. The van der Waals surface area contributed by atoms with Crippen LogP contribution in [0.3, 0.4) is 0 Å². The first-order chi connectivity index (χ1) is 19.0. The number of rotatable bonds is 13. The van der Waals surface area contributed by atoms with Gasteiger partial charge in [-0.05, 0) is 86.8 Å². The largest absolute Gasteiger partial charge is 2.00 e. The average Bonchev–Trinajstić information content (AvgIpc) is 2.89. The van der Waals surface area contributed by atoms with Crippen LogP contribution < -0.4 is 10.2 Å². The Balaban J connectivity index is 0. The summed E-state index contributed by atoms with van der Waals surface area (Å²) in [5.74, 6) is -1.50. The summed E-state index contributed by atoms with van der Waals surface area (Å²) in [5.41, 5.74) is 6.03. The van der Waals surface area contributed by atoms with E-state index in [1.165, 1.54) is 11.1 Å². The summed E-state index contributed by atoms with van der Waals surface area (Å²) in [5, 5.41) is 38.8. The van der Waals surface area contributed by atoms with E-state index in [0.29, 0.717) is 24.6 Å². The van der Waals surface area contributed by atoms with Crippen molar-refractivity contribution >= 4 is 24.4 Å². The number of phenolic OH excluding ortho intramolecular Hbond substituents is 2. The molecule has 229 valence electrons. The van der Waals surface area contributed by atoms with E-state index in [9.17, 15) is 10.2 Å². The van der Waals surface area contributed by atoms with Crippen molar-refractivity contribution in [1.29, 1.82) is 0 Å². The van der Waals surface area contributed by atoms with Gasteiger partial charge in [0.05, 0.1) is 13.1 Å². The van der Waals surface area contributed by atoms with Crippen molar-refractivity contribution in [3.8, 4) is 11.5 Å². The first-order valence-electron chi connectivity index (χ1n) is 14.0. The predicted molar refractivity (Wildman–Crippen MR) is 158 cm³/mol. The second kappa shape index (κ2) is 23.5. The van der Waals surface area contributed by atoms with Crippen LogP contribution in [0.1, 0.15) is 101 Å². The third-order valence-corrected chi connectivity index (χ3v) is 5.78. The number of carboxylic acid groups (broad SMARTS) is 2. The Kier molecular flexibility index (Phi) is 22.9. The molecule has 0 unspecified atom stereocenters. The van der Waals surface area contributed by atoms with Gasteiger partial charge in [-0.3, -0.25) is 9.98 Å². The summed E-state index contributed by atoms with van der Waals surface area (Å²) in [4.78, 5) is 26.7. The van der Waals surface area contributed by atoms with Crippen molar-refractivity contribution in [2.75, 3.05) is 13.1 Å². The van der Waals surface area contributed by atoms with Crippen LogP contribution in [-0.2, 0) is 52.1 Å². The molecule has 0 aromatic heterocycles. The van der Waals surface area contributed by atoms with Crippen molar-refractivity contribution in [1.82, 2.24) is 0 Å². The molecule has 0 aliphatic heterocycles. The van der Waals surface area contributed by atoms with Gasteiger partial charge in [0, 0.05) is 35.5 Å². The van der Waals surface area contributed by atoms with Gasteiger partial charge in [-0.15, -0.1) is 0 Å². The van der Waals surface area contributed by atoms with Crippen LogP contribution in [0.2, 0.25) is 0 Å². The van der Waals surface area contributed by atoms with Gasteiger partial charge in [0.25, 0.3) is 0 Å². The summed E-state index contributed by atoms with van der Waals surface area (Å²) >= 11 is 0. The van der Waals surface area contributed by atoms with Gasteiger partial charge < -0.3 is 30.0 Å². The van der Waals surface area contributed by atoms with Crippen molar-refractivity contribution in [3.63, 3.8) is 0 Å². The molecule has 0 atom stereocenters. The van der Waals surface area contributed by atoms with Crippen molar-refractivity contribution in [2.24, 2.45) is 9.98 Å². The predicted octanol–water partition coefficient (Wildman–Crippen LogP) is 3.96. The summed E-state index contributed by atoms with van der Waals surface area (Å²) in [7, 11) is 0. The normalized spacial score (nSPS) is 10.4. The quantitative estimate of drug-likeness (QED) is 0.259. The van der Waals surface area contributed by atoms with Gasteiger partial charge in [0.2, 0.25) is 0 Å². The van der Waals surface area contributed by atoms with E-state index < -0.39 is 11.9 Å². The first-order valence-corrected chi connectivity index (χ1v) is 14.0. The second-order valence-electron chi connectivity index (χ2n) is 9.35. The zero-order valence-electron chi connectivity index (χ0n) is 25.3.